The van der Waals surface area contributed by atoms with Crippen LogP contribution in [0.5, 0.6) is 0 Å². The SMILES string of the molecule is O=C(N[C@@H]1CCCC[C@H]1NC(=S)Nc1cc(C(F)(F)F)cc(C(F)(F)F)c1)C1CCCN1. The summed E-state index contributed by atoms with van der Waals surface area (Å²) in [6.45, 7) is 0.773. The van der Waals surface area contributed by atoms with Crippen molar-refractivity contribution in [2.45, 2.75) is 69.0 Å². The van der Waals surface area contributed by atoms with Gasteiger partial charge < -0.3 is 21.3 Å². The number of carbonyl (C=O) groups is 1. The minimum Gasteiger partial charge on any atom is -0.358 e. The van der Waals surface area contributed by atoms with Crippen LogP contribution in [0.4, 0.5) is 32.0 Å². The molecular weight excluding hydrogens is 458 g/mol. The van der Waals surface area contributed by atoms with Crippen molar-refractivity contribution in [3.63, 3.8) is 0 Å². The van der Waals surface area contributed by atoms with Gasteiger partial charge in [0, 0.05) is 17.8 Å². The number of amides is 1. The van der Waals surface area contributed by atoms with E-state index in [1.165, 1.54) is 0 Å². The maximum Gasteiger partial charge on any atom is 0.416 e. The maximum atomic E-state index is 13.1. The summed E-state index contributed by atoms with van der Waals surface area (Å²) < 4.78 is 78.3. The number of hydrogen-bond acceptors (Lipinski definition) is 3. The van der Waals surface area contributed by atoms with Gasteiger partial charge in [-0.3, -0.25) is 4.79 Å². The van der Waals surface area contributed by atoms with Gasteiger partial charge in [-0.1, -0.05) is 12.8 Å². The average Bonchev–Trinajstić information content (AvgIpc) is 3.23. The Kier molecular flexibility index (Phi) is 7.53. The topological polar surface area (TPSA) is 65.2 Å². The Morgan fingerprint density at radius 2 is 1.44 bits per heavy atom. The van der Waals surface area contributed by atoms with E-state index >= 15 is 0 Å². The van der Waals surface area contributed by atoms with E-state index in [9.17, 15) is 31.1 Å². The second kappa shape index (κ2) is 9.82. The molecule has 0 spiro atoms. The average molecular weight is 482 g/mol. The van der Waals surface area contributed by atoms with Crippen LogP contribution in [0, 0.1) is 0 Å². The van der Waals surface area contributed by atoms with Crippen LogP contribution in [-0.4, -0.2) is 35.7 Å². The first-order valence-electron chi connectivity index (χ1n) is 10.3. The predicted octanol–water partition coefficient (Wildman–Crippen LogP) is 4.19. The highest BCUT2D eigenvalue weighted by atomic mass is 32.1. The number of carbonyl (C=O) groups excluding carboxylic acids is 1. The van der Waals surface area contributed by atoms with E-state index in [0.717, 1.165) is 32.2 Å². The molecule has 1 aliphatic heterocycles. The van der Waals surface area contributed by atoms with Crippen LogP contribution in [0.2, 0.25) is 0 Å². The van der Waals surface area contributed by atoms with Crippen LogP contribution in [0.25, 0.3) is 0 Å². The number of anilines is 1. The van der Waals surface area contributed by atoms with Crippen LogP contribution in [-0.2, 0) is 17.1 Å². The highest BCUT2D eigenvalue weighted by Crippen LogP contribution is 2.37. The van der Waals surface area contributed by atoms with E-state index in [-0.39, 0.29) is 35.2 Å². The molecular formula is C20H24F6N4OS. The number of thiocarbonyl (C=S) groups is 1. The van der Waals surface area contributed by atoms with Crippen LogP contribution in [0.3, 0.4) is 0 Å². The van der Waals surface area contributed by atoms with Gasteiger partial charge >= 0.3 is 12.4 Å². The number of rotatable bonds is 4. The summed E-state index contributed by atoms with van der Waals surface area (Å²) in [5.41, 5.74) is -3.27. The highest BCUT2D eigenvalue weighted by molar-refractivity contribution is 7.80. The molecule has 1 amide bonds. The number of hydrogen-bond donors (Lipinski definition) is 4. The normalized spacial score (nSPS) is 24.1. The number of benzene rings is 1. The van der Waals surface area contributed by atoms with Crippen LogP contribution < -0.4 is 21.3 Å². The molecule has 1 saturated carbocycles. The van der Waals surface area contributed by atoms with Gasteiger partial charge in [-0.25, -0.2) is 0 Å². The van der Waals surface area contributed by atoms with Crippen molar-refractivity contribution < 1.29 is 31.1 Å². The van der Waals surface area contributed by atoms with Crippen molar-refractivity contribution in [2.75, 3.05) is 11.9 Å². The quantitative estimate of drug-likeness (QED) is 0.383. The summed E-state index contributed by atoms with van der Waals surface area (Å²) in [6.07, 6.45) is -5.13. The first kappa shape index (κ1) is 24.6. The van der Waals surface area contributed by atoms with E-state index in [2.05, 4.69) is 21.3 Å². The Bertz CT molecular complexity index is 806. The summed E-state index contributed by atoms with van der Waals surface area (Å²) >= 11 is 5.15. The van der Waals surface area contributed by atoms with Gasteiger partial charge in [-0.05, 0) is 62.6 Å². The molecule has 0 bridgehead atoms. The minimum atomic E-state index is -4.94. The zero-order valence-corrected chi connectivity index (χ0v) is 17.8. The zero-order valence-electron chi connectivity index (χ0n) is 17.0. The smallest absolute Gasteiger partial charge is 0.358 e. The summed E-state index contributed by atoms with van der Waals surface area (Å²) in [6, 6.07) is 0.427. The Labute approximate surface area is 186 Å². The molecule has 3 atom stereocenters. The monoisotopic (exact) mass is 482 g/mol. The molecule has 2 fully saturated rings. The molecule has 5 nitrogen and oxygen atoms in total. The number of alkyl halides is 6. The highest BCUT2D eigenvalue weighted by Gasteiger charge is 2.37. The van der Waals surface area contributed by atoms with E-state index in [1.807, 2.05) is 0 Å². The zero-order chi connectivity index (χ0) is 23.5. The van der Waals surface area contributed by atoms with Crippen molar-refractivity contribution in [2.24, 2.45) is 0 Å². The third kappa shape index (κ3) is 6.47. The van der Waals surface area contributed by atoms with Crippen molar-refractivity contribution in [3.8, 4) is 0 Å². The van der Waals surface area contributed by atoms with E-state index in [4.69, 9.17) is 12.2 Å². The fraction of sp³-hybridized carbons (Fsp3) is 0.600. The fourth-order valence-corrected chi connectivity index (χ4v) is 4.30. The molecule has 32 heavy (non-hydrogen) atoms. The van der Waals surface area contributed by atoms with Gasteiger partial charge in [0.05, 0.1) is 17.2 Å². The van der Waals surface area contributed by atoms with Crippen LogP contribution >= 0.6 is 12.2 Å². The lowest BCUT2D eigenvalue weighted by molar-refractivity contribution is -0.143. The lowest BCUT2D eigenvalue weighted by Gasteiger charge is -2.34. The number of nitrogens with one attached hydrogen (secondary N) is 4. The molecule has 178 valence electrons. The van der Waals surface area contributed by atoms with Crippen molar-refractivity contribution in [3.05, 3.63) is 29.3 Å². The lowest BCUT2D eigenvalue weighted by Crippen LogP contribution is -2.56. The molecule has 1 aromatic rings. The molecule has 1 heterocycles. The van der Waals surface area contributed by atoms with Crippen molar-refractivity contribution in [1.29, 1.82) is 0 Å². The van der Waals surface area contributed by atoms with Gasteiger partial charge in [0.25, 0.3) is 0 Å². The minimum absolute atomic E-state index is 0.0609. The molecule has 1 unspecified atom stereocenters. The van der Waals surface area contributed by atoms with Crippen LogP contribution in [0.1, 0.15) is 49.7 Å². The van der Waals surface area contributed by atoms with Crippen LogP contribution in [0.15, 0.2) is 18.2 Å². The van der Waals surface area contributed by atoms with Gasteiger partial charge in [-0.2, -0.15) is 26.3 Å². The first-order valence-corrected chi connectivity index (χ1v) is 10.7. The predicted molar refractivity (Wildman–Crippen MR) is 111 cm³/mol. The molecule has 0 aromatic heterocycles. The Hall–Kier alpha value is -2.08. The molecule has 12 heteroatoms. The Balaban J connectivity index is 1.68. The molecule has 1 aromatic carbocycles. The molecule has 3 rings (SSSR count). The fourth-order valence-electron chi connectivity index (χ4n) is 4.03. The summed E-state index contributed by atoms with van der Waals surface area (Å²) in [7, 11) is 0. The van der Waals surface area contributed by atoms with Gasteiger partial charge in [-0.15, -0.1) is 0 Å². The van der Waals surface area contributed by atoms with Crippen molar-refractivity contribution >= 4 is 28.9 Å². The standard InChI is InChI=1S/C20H24F6N4OS/c21-19(22,23)11-8-12(20(24,25)26)10-13(9-11)28-18(32)30-15-5-2-1-4-14(15)29-17(31)16-6-3-7-27-16/h8-10,14-16,27H,1-7H2,(H,29,31)(H2,28,30,32)/t14-,15-,16?/m1/s1. The van der Waals surface area contributed by atoms with Gasteiger partial charge in [0.15, 0.2) is 5.11 Å². The molecule has 1 saturated heterocycles. The molecule has 0 radical (unpaired) electrons. The third-order valence-corrected chi connectivity index (χ3v) is 5.85. The summed E-state index contributed by atoms with van der Waals surface area (Å²) in [5.74, 6) is -0.118. The number of halogens is 6. The molecule has 2 aliphatic rings. The Morgan fingerprint density at radius 3 is 1.94 bits per heavy atom. The molecule has 1 aliphatic carbocycles. The summed E-state index contributed by atoms with van der Waals surface area (Å²) in [5, 5.41) is 11.4. The largest absolute Gasteiger partial charge is 0.416 e. The maximum absolute atomic E-state index is 13.1. The summed E-state index contributed by atoms with van der Waals surface area (Å²) in [4.78, 5) is 12.4. The van der Waals surface area contributed by atoms with E-state index in [1.54, 1.807) is 0 Å². The second-order valence-electron chi connectivity index (χ2n) is 8.05. The van der Waals surface area contributed by atoms with E-state index < -0.39 is 29.2 Å². The third-order valence-electron chi connectivity index (χ3n) is 5.63. The first-order chi connectivity index (χ1) is 14.9. The second-order valence-corrected chi connectivity index (χ2v) is 8.46. The van der Waals surface area contributed by atoms with Crippen molar-refractivity contribution in [1.82, 2.24) is 16.0 Å². The Morgan fingerprint density at radius 1 is 0.875 bits per heavy atom. The van der Waals surface area contributed by atoms with Gasteiger partial charge in [0.1, 0.15) is 0 Å². The molecule has 4 N–H and O–H groups in total. The lowest BCUT2D eigenvalue weighted by atomic mass is 9.90. The van der Waals surface area contributed by atoms with E-state index in [0.29, 0.717) is 25.0 Å². The van der Waals surface area contributed by atoms with Gasteiger partial charge in [0.2, 0.25) is 5.91 Å².